The van der Waals surface area contributed by atoms with Crippen molar-refractivity contribution in [2.45, 2.75) is 25.9 Å². The van der Waals surface area contributed by atoms with Crippen LogP contribution in [0.5, 0.6) is 0 Å². The van der Waals surface area contributed by atoms with Gasteiger partial charge in [-0.25, -0.2) is 9.18 Å². The summed E-state index contributed by atoms with van der Waals surface area (Å²) in [6.07, 6.45) is -0.154. The van der Waals surface area contributed by atoms with Gasteiger partial charge in [0.15, 0.2) is 0 Å². The van der Waals surface area contributed by atoms with Crippen LogP contribution in [0.3, 0.4) is 0 Å². The van der Waals surface area contributed by atoms with Gasteiger partial charge in [0.1, 0.15) is 0 Å². The highest BCUT2D eigenvalue weighted by Crippen LogP contribution is 2.27. The van der Waals surface area contributed by atoms with Crippen LogP contribution in [0.4, 0.5) is 4.39 Å². The molecule has 2 rings (SSSR count). The fraction of sp³-hybridized carbons (Fsp3) is 0.429. The van der Waals surface area contributed by atoms with Crippen molar-refractivity contribution in [3.63, 3.8) is 0 Å². The largest absolute Gasteiger partial charge is 0.479 e. The first-order valence-electron chi connectivity index (χ1n) is 6.12. The van der Waals surface area contributed by atoms with Gasteiger partial charge in [0.2, 0.25) is 5.67 Å². The molecule has 4 nitrogen and oxygen atoms in total. The average molecular weight is 265 g/mol. The number of rotatable bonds is 2. The van der Waals surface area contributed by atoms with E-state index in [2.05, 4.69) is 0 Å². The predicted octanol–water partition coefficient (Wildman–Crippen LogP) is 1.94. The molecule has 1 aromatic rings. The minimum atomic E-state index is -2.31. The number of aliphatic carboxylic acids is 1. The molecule has 0 radical (unpaired) electrons. The molecule has 1 heterocycles. The summed E-state index contributed by atoms with van der Waals surface area (Å²) in [5.74, 6) is -1.81. The fourth-order valence-electron chi connectivity index (χ4n) is 2.18. The van der Waals surface area contributed by atoms with E-state index in [1.807, 2.05) is 19.9 Å². The van der Waals surface area contributed by atoms with Crippen molar-refractivity contribution in [1.29, 1.82) is 0 Å². The van der Waals surface area contributed by atoms with Crippen LogP contribution in [0.25, 0.3) is 0 Å². The van der Waals surface area contributed by atoms with Crippen LogP contribution in [0.2, 0.25) is 0 Å². The van der Waals surface area contributed by atoms with Gasteiger partial charge in [0, 0.05) is 18.5 Å². The summed E-state index contributed by atoms with van der Waals surface area (Å²) >= 11 is 0. The fourth-order valence-corrected chi connectivity index (χ4v) is 2.18. The first-order valence-corrected chi connectivity index (χ1v) is 6.12. The third kappa shape index (κ3) is 2.45. The van der Waals surface area contributed by atoms with E-state index in [-0.39, 0.29) is 25.4 Å². The van der Waals surface area contributed by atoms with Gasteiger partial charge < -0.3 is 10.0 Å². The molecule has 1 amide bonds. The van der Waals surface area contributed by atoms with E-state index in [1.165, 1.54) is 4.90 Å². The van der Waals surface area contributed by atoms with Crippen molar-refractivity contribution in [2.75, 3.05) is 13.1 Å². The monoisotopic (exact) mass is 265 g/mol. The van der Waals surface area contributed by atoms with Crippen molar-refractivity contribution >= 4 is 11.9 Å². The van der Waals surface area contributed by atoms with Crippen molar-refractivity contribution in [2.24, 2.45) is 0 Å². The summed E-state index contributed by atoms with van der Waals surface area (Å²) < 4.78 is 13.9. The maximum Gasteiger partial charge on any atom is 0.343 e. The molecule has 1 atom stereocenters. The molecule has 0 aliphatic carbocycles. The van der Waals surface area contributed by atoms with Crippen LogP contribution in [0, 0.1) is 13.8 Å². The molecule has 0 aromatic heterocycles. The van der Waals surface area contributed by atoms with Gasteiger partial charge in [-0.15, -0.1) is 0 Å². The predicted molar refractivity (Wildman–Crippen MR) is 67.9 cm³/mol. The maximum absolute atomic E-state index is 13.9. The normalized spacial score (nSPS) is 22.6. The number of amides is 1. The molecule has 1 saturated heterocycles. The smallest absolute Gasteiger partial charge is 0.343 e. The van der Waals surface area contributed by atoms with Crippen molar-refractivity contribution in [1.82, 2.24) is 4.90 Å². The average Bonchev–Trinajstić information content (AvgIpc) is 2.76. The molecular formula is C14H16FNO3. The number of hydrogen-bond donors (Lipinski definition) is 1. The lowest BCUT2D eigenvalue weighted by atomic mass is 10.1. The Morgan fingerprint density at radius 2 is 2.00 bits per heavy atom. The molecular weight excluding hydrogens is 249 g/mol. The first-order chi connectivity index (χ1) is 8.83. The molecule has 1 fully saturated rings. The second-order valence-corrected chi connectivity index (χ2v) is 5.05. The van der Waals surface area contributed by atoms with E-state index in [9.17, 15) is 14.0 Å². The molecule has 5 heteroatoms. The van der Waals surface area contributed by atoms with Crippen LogP contribution in [0.1, 0.15) is 27.9 Å². The summed E-state index contributed by atoms with van der Waals surface area (Å²) in [5, 5.41) is 8.81. The number of carboxylic acid groups (broad SMARTS) is 1. The quantitative estimate of drug-likeness (QED) is 0.889. The summed E-state index contributed by atoms with van der Waals surface area (Å²) in [6.45, 7) is 3.59. The molecule has 1 N–H and O–H groups in total. The zero-order valence-electron chi connectivity index (χ0n) is 10.9. The number of benzene rings is 1. The lowest BCUT2D eigenvalue weighted by Crippen LogP contribution is -2.38. The van der Waals surface area contributed by atoms with Gasteiger partial charge in [-0.1, -0.05) is 6.07 Å². The highest BCUT2D eigenvalue weighted by Gasteiger charge is 2.46. The van der Waals surface area contributed by atoms with Crippen LogP contribution in [-0.4, -0.2) is 40.6 Å². The second kappa shape index (κ2) is 4.64. The van der Waals surface area contributed by atoms with E-state index >= 15 is 0 Å². The zero-order chi connectivity index (χ0) is 14.2. The van der Waals surface area contributed by atoms with Gasteiger partial charge in [-0.2, -0.15) is 0 Å². The number of carboxylic acids is 1. The Morgan fingerprint density at radius 3 is 2.53 bits per heavy atom. The van der Waals surface area contributed by atoms with Gasteiger partial charge in [-0.05, 0) is 37.1 Å². The molecule has 19 heavy (non-hydrogen) atoms. The molecule has 0 bridgehead atoms. The Labute approximate surface area is 110 Å². The zero-order valence-corrected chi connectivity index (χ0v) is 10.9. The number of nitrogens with zero attached hydrogens (tertiary/aromatic N) is 1. The summed E-state index contributed by atoms with van der Waals surface area (Å²) in [4.78, 5) is 24.3. The Morgan fingerprint density at radius 1 is 1.32 bits per heavy atom. The molecule has 0 spiro atoms. The van der Waals surface area contributed by atoms with Gasteiger partial charge >= 0.3 is 5.97 Å². The number of carbonyl (C=O) groups is 2. The Balaban J connectivity index is 2.18. The van der Waals surface area contributed by atoms with Gasteiger partial charge in [-0.3, -0.25) is 4.79 Å². The topological polar surface area (TPSA) is 57.6 Å². The second-order valence-electron chi connectivity index (χ2n) is 5.05. The number of halogens is 1. The highest BCUT2D eigenvalue weighted by molar-refractivity contribution is 5.95. The first kappa shape index (κ1) is 13.5. The minimum Gasteiger partial charge on any atom is -0.479 e. The van der Waals surface area contributed by atoms with Gasteiger partial charge in [0.05, 0.1) is 6.54 Å². The van der Waals surface area contributed by atoms with E-state index in [1.54, 1.807) is 12.1 Å². The Hall–Kier alpha value is -1.91. The van der Waals surface area contributed by atoms with Crippen LogP contribution in [-0.2, 0) is 4.79 Å². The SMILES string of the molecule is Cc1ccc(C(=O)N2CCC(F)(C(=O)O)C2)cc1C. The van der Waals surface area contributed by atoms with Gasteiger partial charge in [0.25, 0.3) is 5.91 Å². The lowest BCUT2D eigenvalue weighted by molar-refractivity contribution is -0.149. The molecule has 1 unspecified atom stereocenters. The Kier molecular flexibility index (Phi) is 3.30. The summed E-state index contributed by atoms with van der Waals surface area (Å²) in [7, 11) is 0. The van der Waals surface area contributed by atoms with Crippen LogP contribution in [0.15, 0.2) is 18.2 Å². The third-order valence-corrected chi connectivity index (χ3v) is 3.64. The molecule has 1 aromatic carbocycles. The van der Waals surface area contributed by atoms with Crippen molar-refractivity contribution < 1.29 is 19.1 Å². The maximum atomic E-state index is 13.9. The summed E-state index contributed by atoms with van der Waals surface area (Å²) in [5.41, 5.74) is 0.214. The van der Waals surface area contributed by atoms with E-state index in [0.29, 0.717) is 5.56 Å². The molecule has 102 valence electrons. The number of aryl methyl sites for hydroxylation is 2. The third-order valence-electron chi connectivity index (χ3n) is 3.64. The lowest BCUT2D eigenvalue weighted by Gasteiger charge is -2.18. The number of alkyl halides is 1. The highest BCUT2D eigenvalue weighted by atomic mass is 19.1. The molecule has 0 saturated carbocycles. The summed E-state index contributed by atoms with van der Waals surface area (Å²) in [6, 6.07) is 5.26. The number of hydrogen-bond acceptors (Lipinski definition) is 2. The van der Waals surface area contributed by atoms with Crippen LogP contribution < -0.4 is 0 Å². The van der Waals surface area contributed by atoms with E-state index < -0.39 is 11.6 Å². The van der Waals surface area contributed by atoms with E-state index in [4.69, 9.17) is 5.11 Å². The van der Waals surface area contributed by atoms with E-state index in [0.717, 1.165) is 11.1 Å². The molecule has 1 aliphatic heterocycles. The van der Waals surface area contributed by atoms with Crippen LogP contribution >= 0.6 is 0 Å². The Bertz CT molecular complexity index is 543. The minimum absolute atomic E-state index is 0.133. The molecule has 1 aliphatic rings. The number of carbonyl (C=O) groups excluding carboxylic acids is 1. The van der Waals surface area contributed by atoms with Crippen molar-refractivity contribution in [3.8, 4) is 0 Å². The standard InChI is InChI=1S/C14H16FNO3/c1-9-3-4-11(7-10(9)2)12(17)16-6-5-14(15,8-16)13(18)19/h3-4,7H,5-6,8H2,1-2H3,(H,18,19). The van der Waals surface area contributed by atoms with Crippen molar-refractivity contribution in [3.05, 3.63) is 34.9 Å². The number of likely N-dealkylation sites (tertiary alicyclic amines) is 1.